The van der Waals surface area contributed by atoms with Gasteiger partial charge in [-0.1, -0.05) is 6.92 Å². The summed E-state index contributed by atoms with van der Waals surface area (Å²) in [6.45, 7) is 3.85. The van der Waals surface area contributed by atoms with Gasteiger partial charge in [-0.15, -0.1) is 0 Å². The average Bonchev–Trinajstić information content (AvgIpc) is 2.70. The maximum Gasteiger partial charge on any atom is 0.309 e. The van der Waals surface area contributed by atoms with Gasteiger partial charge in [0.1, 0.15) is 11.3 Å². The Bertz CT molecular complexity index is 564. The van der Waals surface area contributed by atoms with Crippen LogP contribution in [-0.4, -0.2) is 17.6 Å². The van der Waals surface area contributed by atoms with Crippen molar-refractivity contribution in [3.8, 4) is 0 Å². The smallest absolute Gasteiger partial charge is 0.309 e. The number of esters is 1. The molecule has 0 bridgehead atoms. The molecule has 4 nitrogen and oxygen atoms in total. The van der Waals surface area contributed by atoms with Crippen LogP contribution >= 0.6 is 0 Å². The van der Waals surface area contributed by atoms with Crippen LogP contribution in [0.5, 0.6) is 0 Å². The van der Waals surface area contributed by atoms with Gasteiger partial charge in [-0.05, 0) is 19.1 Å². The molecule has 0 aliphatic heterocycles. The van der Waals surface area contributed by atoms with Crippen molar-refractivity contribution in [1.82, 2.24) is 4.98 Å². The van der Waals surface area contributed by atoms with Gasteiger partial charge in [0.2, 0.25) is 0 Å². The molecule has 0 aliphatic rings. The van der Waals surface area contributed by atoms with E-state index in [9.17, 15) is 9.18 Å². The Morgan fingerprint density at radius 3 is 3.06 bits per heavy atom. The summed E-state index contributed by atoms with van der Waals surface area (Å²) < 4.78 is 23.3. The molecule has 1 unspecified atom stereocenters. The molecule has 1 aromatic carbocycles. The summed E-state index contributed by atoms with van der Waals surface area (Å²) >= 11 is 0. The molecule has 1 aromatic heterocycles. The summed E-state index contributed by atoms with van der Waals surface area (Å²) in [5.41, 5.74) is 0.975. The van der Waals surface area contributed by atoms with Gasteiger partial charge >= 0.3 is 5.97 Å². The number of carbonyl (C=O) groups excluding carboxylic acids is 1. The first-order valence-electron chi connectivity index (χ1n) is 5.81. The van der Waals surface area contributed by atoms with Crippen LogP contribution in [0.4, 0.5) is 4.39 Å². The number of ether oxygens (including phenoxy) is 1. The standard InChI is InChI=1S/C13H14FNO3/c1-3-17-13(16)8(2)6-12-15-10-5-4-9(14)7-11(10)18-12/h4-5,7-8H,3,6H2,1-2H3. The lowest BCUT2D eigenvalue weighted by atomic mass is 10.1. The van der Waals surface area contributed by atoms with Gasteiger partial charge in [-0.2, -0.15) is 0 Å². The van der Waals surface area contributed by atoms with Crippen LogP contribution in [0.2, 0.25) is 0 Å². The molecule has 1 atom stereocenters. The second kappa shape index (κ2) is 5.16. The molecule has 1 heterocycles. The van der Waals surface area contributed by atoms with Crippen molar-refractivity contribution in [2.45, 2.75) is 20.3 Å². The predicted octanol–water partition coefficient (Wildman–Crippen LogP) is 2.71. The van der Waals surface area contributed by atoms with Crippen LogP contribution in [0.15, 0.2) is 22.6 Å². The minimum absolute atomic E-state index is 0.286. The van der Waals surface area contributed by atoms with Crippen molar-refractivity contribution in [3.63, 3.8) is 0 Å². The van der Waals surface area contributed by atoms with E-state index in [-0.39, 0.29) is 17.7 Å². The highest BCUT2D eigenvalue weighted by atomic mass is 19.1. The third-order valence-corrected chi connectivity index (χ3v) is 2.56. The van der Waals surface area contributed by atoms with Gasteiger partial charge in [-0.3, -0.25) is 4.79 Å². The Labute approximate surface area is 104 Å². The molecule has 2 rings (SSSR count). The van der Waals surface area contributed by atoms with Gasteiger partial charge < -0.3 is 9.15 Å². The zero-order valence-corrected chi connectivity index (χ0v) is 10.3. The van der Waals surface area contributed by atoms with Crippen molar-refractivity contribution in [2.75, 3.05) is 6.61 Å². The molecular weight excluding hydrogens is 237 g/mol. The highest BCUT2D eigenvalue weighted by molar-refractivity contribution is 5.74. The largest absolute Gasteiger partial charge is 0.466 e. The number of benzene rings is 1. The van der Waals surface area contributed by atoms with E-state index in [1.165, 1.54) is 12.1 Å². The number of aromatic nitrogens is 1. The van der Waals surface area contributed by atoms with E-state index in [0.717, 1.165) is 0 Å². The Kier molecular flexibility index (Phi) is 3.60. The molecule has 96 valence electrons. The second-order valence-electron chi connectivity index (χ2n) is 4.08. The van der Waals surface area contributed by atoms with E-state index >= 15 is 0 Å². The normalized spacial score (nSPS) is 12.6. The quantitative estimate of drug-likeness (QED) is 0.784. The topological polar surface area (TPSA) is 52.3 Å². The zero-order chi connectivity index (χ0) is 13.1. The zero-order valence-electron chi connectivity index (χ0n) is 10.3. The fourth-order valence-corrected chi connectivity index (χ4v) is 1.66. The van der Waals surface area contributed by atoms with E-state index in [1.54, 1.807) is 19.9 Å². The Hall–Kier alpha value is -1.91. The van der Waals surface area contributed by atoms with E-state index in [1.807, 2.05) is 0 Å². The molecule has 0 saturated heterocycles. The van der Waals surface area contributed by atoms with Gasteiger partial charge in [-0.25, -0.2) is 9.37 Å². The summed E-state index contributed by atoms with van der Waals surface area (Å²) in [6, 6.07) is 4.15. The second-order valence-corrected chi connectivity index (χ2v) is 4.08. The van der Waals surface area contributed by atoms with Crippen LogP contribution in [0.1, 0.15) is 19.7 Å². The lowest BCUT2D eigenvalue weighted by Gasteiger charge is -2.07. The summed E-state index contributed by atoms with van der Waals surface area (Å²) in [7, 11) is 0. The molecule has 0 radical (unpaired) electrons. The molecule has 0 saturated carbocycles. The predicted molar refractivity (Wildman–Crippen MR) is 63.5 cm³/mol. The number of fused-ring (bicyclic) bond motifs is 1. The lowest BCUT2D eigenvalue weighted by molar-refractivity contribution is -0.147. The van der Waals surface area contributed by atoms with Crippen molar-refractivity contribution >= 4 is 17.1 Å². The third-order valence-electron chi connectivity index (χ3n) is 2.56. The lowest BCUT2D eigenvalue weighted by Crippen LogP contribution is -2.16. The molecule has 0 fully saturated rings. The van der Waals surface area contributed by atoms with Crippen molar-refractivity contribution < 1.29 is 18.3 Å². The van der Waals surface area contributed by atoms with Gasteiger partial charge in [0.05, 0.1) is 12.5 Å². The maximum atomic E-state index is 13.0. The van der Waals surface area contributed by atoms with Crippen LogP contribution in [0, 0.1) is 11.7 Å². The minimum atomic E-state index is -0.372. The molecule has 0 N–H and O–H groups in total. The SMILES string of the molecule is CCOC(=O)C(C)Cc1nc2ccc(F)cc2o1. The molecule has 18 heavy (non-hydrogen) atoms. The van der Waals surface area contributed by atoms with Crippen LogP contribution in [0.3, 0.4) is 0 Å². The van der Waals surface area contributed by atoms with Gasteiger partial charge in [0.25, 0.3) is 0 Å². The van der Waals surface area contributed by atoms with Crippen molar-refractivity contribution in [1.29, 1.82) is 0 Å². The molecular formula is C13H14FNO3. The summed E-state index contributed by atoms with van der Waals surface area (Å²) in [5, 5.41) is 0. The van der Waals surface area contributed by atoms with E-state index in [2.05, 4.69) is 4.98 Å². The van der Waals surface area contributed by atoms with E-state index in [4.69, 9.17) is 9.15 Å². The molecule has 5 heteroatoms. The summed E-state index contributed by atoms with van der Waals surface area (Å²) in [4.78, 5) is 15.7. The van der Waals surface area contributed by atoms with Crippen LogP contribution in [0.25, 0.3) is 11.1 Å². The monoisotopic (exact) mass is 251 g/mol. The number of hydrogen-bond acceptors (Lipinski definition) is 4. The maximum absolute atomic E-state index is 13.0. The number of halogens is 1. The molecule has 0 amide bonds. The van der Waals surface area contributed by atoms with Crippen LogP contribution < -0.4 is 0 Å². The number of hydrogen-bond donors (Lipinski definition) is 0. The highest BCUT2D eigenvalue weighted by Gasteiger charge is 2.18. The van der Waals surface area contributed by atoms with E-state index < -0.39 is 0 Å². The fraction of sp³-hybridized carbons (Fsp3) is 0.385. The third kappa shape index (κ3) is 2.67. The highest BCUT2D eigenvalue weighted by Crippen LogP contribution is 2.19. The van der Waals surface area contributed by atoms with Crippen LogP contribution in [-0.2, 0) is 16.0 Å². The summed E-state index contributed by atoms with van der Waals surface area (Å²) in [6.07, 6.45) is 0.342. The Morgan fingerprint density at radius 2 is 2.33 bits per heavy atom. The summed E-state index contributed by atoms with van der Waals surface area (Å²) in [5.74, 6) is -0.575. The molecule has 0 spiro atoms. The minimum Gasteiger partial charge on any atom is -0.466 e. The average molecular weight is 251 g/mol. The number of carbonyl (C=O) groups is 1. The van der Waals surface area contributed by atoms with Gasteiger partial charge in [0.15, 0.2) is 11.5 Å². The first kappa shape index (κ1) is 12.5. The van der Waals surface area contributed by atoms with E-state index in [0.29, 0.717) is 30.0 Å². The molecule has 0 aliphatic carbocycles. The first-order chi connectivity index (χ1) is 8.60. The number of rotatable bonds is 4. The molecule has 2 aromatic rings. The Balaban J connectivity index is 2.14. The van der Waals surface area contributed by atoms with Crippen molar-refractivity contribution in [2.24, 2.45) is 5.92 Å². The number of oxazole rings is 1. The Morgan fingerprint density at radius 1 is 1.56 bits per heavy atom. The fourth-order valence-electron chi connectivity index (χ4n) is 1.66. The van der Waals surface area contributed by atoms with Crippen molar-refractivity contribution in [3.05, 3.63) is 29.9 Å². The number of nitrogens with zero attached hydrogens (tertiary/aromatic N) is 1. The first-order valence-corrected chi connectivity index (χ1v) is 5.81. The van der Waals surface area contributed by atoms with Gasteiger partial charge in [0, 0.05) is 12.5 Å².